The van der Waals surface area contributed by atoms with Crippen LogP contribution in [0.2, 0.25) is 0 Å². The summed E-state index contributed by atoms with van der Waals surface area (Å²) in [7, 11) is 1.38. The molecule has 0 fully saturated rings. The summed E-state index contributed by atoms with van der Waals surface area (Å²) in [6, 6.07) is 0.174. The van der Waals surface area contributed by atoms with Crippen LogP contribution in [0.5, 0.6) is 0 Å². The molecule has 0 aliphatic rings. The quantitative estimate of drug-likeness (QED) is 0.641. The molecule has 100 valence electrons. The van der Waals surface area contributed by atoms with Crippen molar-refractivity contribution in [3.63, 3.8) is 0 Å². The third kappa shape index (κ3) is 8.68. The predicted molar refractivity (Wildman–Crippen MR) is 66.6 cm³/mol. The van der Waals surface area contributed by atoms with E-state index in [0.29, 0.717) is 25.9 Å². The molecule has 0 aliphatic heterocycles. The summed E-state index contributed by atoms with van der Waals surface area (Å²) in [5.41, 5.74) is 0. The Hall–Kier alpha value is -1.10. The summed E-state index contributed by atoms with van der Waals surface area (Å²) < 4.78 is 4.58. The third-order valence-corrected chi connectivity index (χ3v) is 2.41. The zero-order chi connectivity index (χ0) is 13.3. The van der Waals surface area contributed by atoms with Crippen LogP contribution in [0.15, 0.2) is 0 Å². The van der Waals surface area contributed by atoms with E-state index in [-0.39, 0.29) is 17.9 Å². The SMILES string of the molecule is CCN(CCC(=O)NC(C)C)CCC(=O)OC. The van der Waals surface area contributed by atoms with Gasteiger partial charge in [0.1, 0.15) is 0 Å². The molecular weight excluding hydrogens is 220 g/mol. The van der Waals surface area contributed by atoms with Gasteiger partial charge in [-0.15, -0.1) is 0 Å². The highest BCUT2D eigenvalue weighted by Crippen LogP contribution is 1.96. The smallest absolute Gasteiger partial charge is 0.306 e. The van der Waals surface area contributed by atoms with Crippen LogP contribution in [-0.4, -0.2) is 49.6 Å². The Morgan fingerprint density at radius 3 is 2.29 bits per heavy atom. The summed E-state index contributed by atoms with van der Waals surface area (Å²) >= 11 is 0. The fraction of sp³-hybridized carbons (Fsp3) is 0.833. The van der Waals surface area contributed by atoms with Gasteiger partial charge in [-0.05, 0) is 20.4 Å². The lowest BCUT2D eigenvalue weighted by Crippen LogP contribution is -2.35. The number of rotatable bonds is 8. The molecular formula is C12H24N2O3. The summed E-state index contributed by atoms with van der Waals surface area (Å²) in [5, 5.41) is 2.84. The van der Waals surface area contributed by atoms with Crippen molar-refractivity contribution >= 4 is 11.9 Å². The van der Waals surface area contributed by atoms with Gasteiger partial charge in [-0.1, -0.05) is 6.92 Å². The minimum atomic E-state index is -0.213. The average molecular weight is 244 g/mol. The second-order valence-electron chi connectivity index (χ2n) is 4.23. The minimum Gasteiger partial charge on any atom is -0.469 e. The zero-order valence-electron chi connectivity index (χ0n) is 11.3. The molecule has 0 aromatic carbocycles. The van der Waals surface area contributed by atoms with Crippen molar-refractivity contribution in [2.24, 2.45) is 0 Å². The molecule has 0 aromatic rings. The second-order valence-corrected chi connectivity index (χ2v) is 4.23. The van der Waals surface area contributed by atoms with E-state index in [1.807, 2.05) is 20.8 Å². The maximum absolute atomic E-state index is 11.4. The van der Waals surface area contributed by atoms with E-state index >= 15 is 0 Å². The normalized spacial score (nSPS) is 10.7. The van der Waals surface area contributed by atoms with E-state index in [2.05, 4.69) is 15.0 Å². The Kier molecular flexibility index (Phi) is 8.40. The van der Waals surface area contributed by atoms with E-state index in [9.17, 15) is 9.59 Å². The van der Waals surface area contributed by atoms with Crippen molar-refractivity contribution in [2.45, 2.75) is 39.7 Å². The van der Waals surface area contributed by atoms with E-state index in [0.717, 1.165) is 6.54 Å². The molecule has 0 aliphatic carbocycles. The van der Waals surface area contributed by atoms with Crippen molar-refractivity contribution in [3.05, 3.63) is 0 Å². The van der Waals surface area contributed by atoms with Crippen LogP contribution in [0.4, 0.5) is 0 Å². The van der Waals surface area contributed by atoms with Crippen LogP contribution >= 0.6 is 0 Å². The standard InChI is InChI=1S/C12H24N2O3/c1-5-14(9-7-12(16)17-4)8-6-11(15)13-10(2)3/h10H,5-9H2,1-4H3,(H,13,15). The lowest BCUT2D eigenvalue weighted by atomic mass is 10.3. The number of nitrogens with zero attached hydrogens (tertiary/aromatic N) is 1. The van der Waals surface area contributed by atoms with Gasteiger partial charge in [0.05, 0.1) is 13.5 Å². The van der Waals surface area contributed by atoms with Gasteiger partial charge in [-0.3, -0.25) is 9.59 Å². The summed E-state index contributed by atoms with van der Waals surface area (Å²) in [6.07, 6.45) is 0.837. The molecule has 0 unspecified atom stereocenters. The molecule has 1 N–H and O–H groups in total. The van der Waals surface area contributed by atoms with Gasteiger partial charge < -0.3 is 15.0 Å². The maximum Gasteiger partial charge on any atom is 0.306 e. The summed E-state index contributed by atoms with van der Waals surface area (Å²) in [6.45, 7) is 8.02. The highest BCUT2D eigenvalue weighted by Gasteiger charge is 2.09. The lowest BCUT2D eigenvalue weighted by molar-refractivity contribution is -0.140. The van der Waals surface area contributed by atoms with Crippen LogP contribution in [-0.2, 0) is 14.3 Å². The van der Waals surface area contributed by atoms with Gasteiger partial charge >= 0.3 is 5.97 Å². The molecule has 0 saturated heterocycles. The number of carbonyl (C=O) groups excluding carboxylic acids is 2. The third-order valence-electron chi connectivity index (χ3n) is 2.41. The molecule has 5 heteroatoms. The first-order chi connectivity index (χ1) is 7.99. The highest BCUT2D eigenvalue weighted by molar-refractivity contribution is 5.76. The molecule has 0 radical (unpaired) electrons. The number of amides is 1. The number of esters is 1. The number of hydrogen-bond donors (Lipinski definition) is 1. The summed E-state index contributed by atoms with van der Waals surface area (Å²) in [5.74, 6) is -0.161. The Morgan fingerprint density at radius 1 is 1.24 bits per heavy atom. The first-order valence-corrected chi connectivity index (χ1v) is 6.08. The number of ether oxygens (including phenoxy) is 1. The Labute approximate surface area is 103 Å². The largest absolute Gasteiger partial charge is 0.469 e. The van der Waals surface area contributed by atoms with Crippen molar-refractivity contribution in [1.29, 1.82) is 0 Å². The molecule has 0 saturated carbocycles. The maximum atomic E-state index is 11.4. The number of methoxy groups -OCH3 is 1. The molecule has 0 heterocycles. The fourth-order valence-electron chi connectivity index (χ4n) is 1.43. The van der Waals surface area contributed by atoms with Crippen molar-refractivity contribution in [3.8, 4) is 0 Å². The van der Waals surface area contributed by atoms with Gasteiger partial charge in [0, 0.05) is 25.6 Å². The van der Waals surface area contributed by atoms with Crippen molar-refractivity contribution in [1.82, 2.24) is 10.2 Å². The lowest BCUT2D eigenvalue weighted by Gasteiger charge is -2.19. The van der Waals surface area contributed by atoms with Gasteiger partial charge in [-0.2, -0.15) is 0 Å². The fourth-order valence-corrected chi connectivity index (χ4v) is 1.43. The average Bonchev–Trinajstić information content (AvgIpc) is 2.27. The molecule has 0 aromatic heterocycles. The molecule has 0 spiro atoms. The van der Waals surface area contributed by atoms with E-state index < -0.39 is 0 Å². The van der Waals surface area contributed by atoms with Crippen LogP contribution in [0.1, 0.15) is 33.6 Å². The first-order valence-electron chi connectivity index (χ1n) is 6.08. The van der Waals surface area contributed by atoms with E-state index in [1.165, 1.54) is 7.11 Å². The van der Waals surface area contributed by atoms with Crippen LogP contribution in [0.25, 0.3) is 0 Å². The number of hydrogen-bond acceptors (Lipinski definition) is 4. The number of nitrogens with one attached hydrogen (secondary N) is 1. The van der Waals surface area contributed by atoms with Gasteiger partial charge in [0.25, 0.3) is 0 Å². The van der Waals surface area contributed by atoms with Crippen molar-refractivity contribution < 1.29 is 14.3 Å². The zero-order valence-corrected chi connectivity index (χ0v) is 11.3. The van der Waals surface area contributed by atoms with Crippen LogP contribution < -0.4 is 5.32 Å². The molecule has 0 atom stereocenters. The van der Waals surface area contributed by atoms with Gasteiger partial charge in [0.15, 0.2) is 0 Å². The van der Waals surface area contributed by atoms with Crippen molar-refractivity contribution in [2.75, 3.05) is 26.7 Å². The van der Waals surface area contributed by atoms with Gasteiger partial charge in [-0.25, -0.2) is 0 Å². The molecule has 17 heavy (non-hydrogen) atoms. The second kappa shape index (κ2) is 8.98. The Morgan fingerprint density at radius 2 is 1.82 bits per heavy atom. The van der Waals surface area contributed by atoms with Crippen LogP contribution in [0.3, 0.4) is 0 Å². The van der Waals surface area contributed by atoms with Crippen LogP contribution in [0, 0.1) is 0 Å². The minimum absolute atomic E-state index is 0.0523. The Balaban J connectivity index is 3.81. The topological polar surface area (TPSA) is 58.6 Å². The monoisotopic (exact) mass is 244 g/mol. The van der Waals surface area contributed by atoms with E-state index in [4.69, 9.17) is 0 Å². The Bertz CT molecular complexity index is 242. The molecule has 0 bridgehead atoms. The van der Waals surface area contributed by atoms with Gasteiger partial charge in [0.2, 0.25) is 5.91 Å². The molecule has 5 nitrogen and oxygen atoms in total. The molecule has 0 rings (SSSR count). The van der Waals surface area contributed by atoms with E-state index in [1.54, 1.807) is 0 Å². The first kappa shape index (κ1) is 15.9. The highest BCUT2D eigenvalue weighted by atomic mass is 16.5. The predicted octanol–water partition coefficient (Wildman–Crippen LogP) is 0.786. The number of carbonyl (C=O) groups is 2. The summed E-state index contributed by atoms with van der Waals surface area (Å²) in [4.78, 5) is 24.5. The molecule has 1 amide bonds.